The second kappa shape index (κ2) is 6.09. The molecule has 5 heteroatoms. The fraction of sp³-hybridized carbons (Fsp3) is 0.0526. The summed E-state index contributed by atoms with van der Waals surface area (Å²) < 4.78 is 27.1. The van der Waals surface area contributed by atoms with Crippen molar-refractivity contribution < 1.29 is 8.78 Å². The molecule has 1 heterocycles. The van der Waals surface area contributed by atoms with E-state index in [0.717, 1.165) is 6.07 Å². The third-order valence-electron chi connectivity index (χ3n) is 3.70. The Kier molecular flexibility index (Phi) is 3.97. The predicted octanol–water partition coefficient (Wildman–Crippen LogP) is 4.17. The molecule has 0 fully saturated rings. The van der Waals surface area contributed by atoms with E-state index in [9.17, 15) is 18.8 Å². The van der Waals surface area contributed by atoms with E-state index in [1.165, 1.54) is 12.1 Å². The Labute approximate surface area is 136 Å². The lowest BCUT2D eigenvalue weighted by molar-refractivity contribution is 0.585. The van der Waals surface area contributed by atoms with Gasteiger partial charge >= 0.3 is 0 Å². The Hall–Kier alpha value is -3.26. The van der Waals surface area contributed by atoms with Crippen LogP contribution in [0.2, 0.25) is 0 Å². The summed E-state index contributed by atoms with van der Waals surface area (Å²) in [5, 5.41) is 9.24. The van der Waals surface area contributed by atoms with Gasteiger partial charge in [-0.3, -0.25) is 4.79 Å². The van der Waals surface area contributed by atoms with Crippen molar-refractivity contribution in [3.8, 4) is 28.3 Å². The number of H-pyrrole nitrogens is 1. The number of aromatic nitrogens is 1. The zero-order valence-corrected chi connectivity index (χ0v) is 12.7. The molecule has 0 aliphatic rings. The van der Waals surface area contributed by atoms with E-state index >= 15 is 0 Å². The molecule has 3 nitrogen and oxygen atoms in total. The minimum absolute atomic E-state index is 0.00247. The van der Waals surface area contributed by atoms with Crippen molar-refractivity contribution in [3.63, 3.8) is 0 Å². The van der Waals surface area contributed by atoms with Crippen LogP contribution in [-0.4, -0.2) is 4.98 Å². The van der Waals surface area contributed by atoms with Crippen LogP contribution < -0.4 is 5.56 Å². The lowest BCUT2D eigenvalue weighted by Gasteiger charge is -2.09. The maximum atomic E-state index is 14.0. The molecule has 3 aromatic rings. The third-order valence-corrected chi connectivity index (χ3v) is 3.70. The molecule has 0 saturated carbocycles. The van der Waals surface area contributed by atoms with Crippen LogP contribution in [0.1, 0.15) is 11.3 Å². The molecular weight excluding hydrogens is 310 g/mol. The van der Waals surface area contributed by atoms with Gasteiger partial charge < -0.3 is 4.98 Å². The number of nitriles is 1. The molecule has 0 saturated heterocycles. The molecule has 0 aliphatic heterocycles. The maximum Gasteiger partial charge on any atom is 0.266 e. The summed E-state index contributed by atoms with van der Waals surface area (Å²) in [6, 6.07) is 13.8. The molecular formula is C19H12F2N2O. The van der Waals surface area contributed by atoms with Gasteiger partial charge in [0.15, 0.2) is 0 Å². The summed E-state index contributed by atoms with van der Waals surface area (Å²) in [5.74, 6) is -1.32. The first-order valence-electron chi connectivity index (χ1n) is 7.19. The van der Waals surface area contributed by atoms with Crippen LogP contribution in [0.25, 0.3) is 22.3 Å². The van der Waals surface area contributed by atoms with Gasteiger partial charge in [0.2, 0.25) is 0 Å². The summed E-state index contributed by atoms with van der Waals surface area (Å²) >= 11 is 0. The van der Waals surface area contributed by atoms with E-state index in [0.29, 0.717) is 22.4 Å². The van der Waals surface area contributed by atoms with Crippen LogP contribution in [-0.2, 0) is 0 Å². The first-order valence-corrected chi connectivity index (χ1v) is 7.19. The summed E-state index contributed by atoms with van der Waals surface area (Å²) in [5.41, 5.74) is 2.02. The largest absolute Gasteiger partial charge is 0.325 e. The van der Waals surface area contributed by atoms with E-state index in [-0.39, 0.29) is 11.1 Å². The zero-order chi connectivity index (χ0) is 17.3. The minimum Gasteiger partial charge on any atom is -0.325 e. The zero-order valence-electron chi connectivity index (χ0n) is 12.7. The number of pyridine rings is 1. The number of hydrogen-bond donors (Lipinski definition) is 1. The number of hydrogen-bond acceptors (Lipinski definition) is 2. The maximum absolute atomic E-state index is 14.0. The molecule has 118 valence electrons. The second-order valence-electron chi connectivity index (χ2n) is 5.39. The molecule has 1 N–H and O–H groups in total. The van der Waals surface area contributed by atoms with Crippen LogP contribution in [0.3, 0.4) is 0 Å². The van der Waals surface area contributed by atoms with Gasteiger partial charge in [-0.05, 0) is 42.3 Å². The number of nitrogens with zero attached hydrogens (tertiary/aromatic N) is 1. The fourth-order valence-corrected chi connectivity index (χ4v) is 2.61. The van der Waals surface area contributed by atoms with Gasteiger partial charge in [-0.25, -0.2) is 8.78 Å². The Morgan fingerprint density at radius 2 is 1.71 bits per heavy atom. The molecule has 0 unspecified atom stereocenters. The highest BCUT2D eigenvalue weighted by molar-refractivity contribution is 5.76. The lowest BCUT2D eigenvalue weighted by Crippen LogP contribution is -2.12. The first kappa shape index (κ1) is 15.6. The quantitative estimate of drug-likeness (QED) is 0.770. The van der Waals surface area contributed by atoms with Gasteiger partial charge in [0.1, 0.15) is 23.3 Å². The van der Waals surface area contributed by atoms with Crippen LogP contribution in [0.4, 0.5) is 8.78 Å². The minimum atomic E-state index is -0.672. The molecule has 0 amide bonds. The molecule has 1 aromatic heterocycles. The Balaban J connectivity index is 2.20. The molecule has 0 atom stereocenters. The Bertz CT molecular complexity index is 1030. The number of aromatic amines is 1. The molecule has 0 radical (unpaired) electrons. The van der Waals surface area contributed by atoms with Gasteiger partial charge in [-0.15, -0.1) is 0 Å². The topological polar surface area (TPSA) is 56.6 Å². The number of nitrogens with one attached hydrogen (secondary N) is 1. The predicted molar refractivity (Wildman–Crippen MR) is 87.3 cm³/mol. The molecule has 24 heavy (non-hydrogen) atoms. The summed E-state index contributed by atoms with van der Waals surface area (Å²) in [7, 11) is 0. The summed E-state index contributed by atoms with van der Waals surface area (Å²) in [6.07, 6.45) is 0. The molecule has 2 aromatic carbocycles. The number of rotatable bonds is 2. The van der Waals surface area contributed by atoms with Crippen LogP contribution in [0.5, 0.6) is 0 Å². The van der Waals surface area contributed by atoms with Crippen molar-refractivity contribution in [2.45, 2.75) is 6.92 Å². The van der Waals surface area contributed by atoms with Gasteiger partial charge in [0.25, 0.3) is 5.56 Å². The van der Waals surface area contributed by atoms with Crippen molar-refractivity contribution in [1.29, 1.82) is 5.26 Å². The highest BCUT2D eigenvalue weighted by atomic mass is 19.1. The van der Waals surface area contributed by atoms with Gasteiger partial charge in [0, 0.05) is 22.9 Å². The highest BCUT2D eigenvalue weighted by Crippen LogP contribution is 2.29. The lowest BCUT2D eigenvalue weighted by atomic mass is 9.96. The van der Waals surface area contributed by atoms with Crippen molar-refractivity contribution in [2.75, 3.05) is 0 Å². The average Bonchev–Trinajstić information content (AvgIpc) is 2.54. The number of halogens is 2. The fourth-order valence-electron chi connectivity index (χ4n) is 2.61. The normalized spacial score (nSPS) is 10.4. The van der Waals surface area contributed by atoms with E-state index in [4.69, 9.17) is 0 Å². The van der Waals surface area contributed by atoms with Crippen LogP contribution >= 0.6 is 0 Å². The average molecular weight is 322 g/mol. The van der Waals surface area contributed by atoms with Crippen molar-refractivity contribution in [2.24, 2.45) is 0 Å². The Morgan fingerprint density at radius 3 is 2.38 bits per heavy atom. The van der Waals surface area contributed by atoms with Crippen molar-refractivity contribution in [1.82, 2.24) is 4.98 Å². The summed E-state index contributed by atoms with van der Waals surface area (Å²) in [6.45, 7) is 1.72. The van der Waals surface area contributed by atoms with E-state index < -0.39 is 17.2 Å². The van der Waals surface area contributed by atoms with Gasteiger partial charge in [-0.1, -0.05) is 18.2 Å². The molecule has 0 spiro atoms. The van der Waals surface area contributed by atoms with E-state index in [1.807, 2.05) is 6.07 Å². The van der Waals surface area contributed by atoms with Crippen LogP contribution in [0, 0.1) is 29.9 Å². The molecule has 0 bridgehead atoms. The van der Waals surface area contributed by atoms with E-state index in [1.54, 1.807) is 37.3 Å². The standard InChI is InChI=1S/C19H12F2N2O/c1-11-7-16(17(10-22)19(24)23-11)13-4-2-3-12(8-13)15-6-5-14(20)9-18(15)21/h2-9H,1H3,(H,23,24). The van der Waals surface area contributed by atoms with Gasteiger partial charge in [0.05, 0.1) is 0 Å². The molecule has 0 aliphatic carbocycles. The van der Waals surface area contributed by atoms with Crippen LogP contribution in [0.15, 0.2) is 53.3 Å². The third kappa shape index (κ3) is 2.82. The SMILES string of the molecule is Cc1cc(-c2cccc(-c3ccc(F)cc3F)c2)c(C#N)c(=O)[nH]1. The monoisotopic (exact) mass is 322 g/mol. The highest BCUT2D eigenvalue weighted by Gasteiger charge is 2.12. The van der Waals surface area contributed by atoms with Gasteiger partial charge in [-0.2, -0.15) is 5.26 Å². The smallest absolute Gasteiger partial charge is 0.266 e. The number of benzene rings is 2. The van der Waals surface area contributed by atoms with E-state index in [2.05, 4.69) is 4.98 Å². The second-order valence-corrected chi connectivity index (χ2v) is 5.39. The van der Waals surface area contributed by atoms with Crippen molar-refractivity contribution >= 4 is 0 Å². The Morgan fingerprint density at radius 1 is 1.00 bits per heavy atom. The summed E-state index contributed by atoms with van der Waals surface area (Å²) in [4.78, 5) is 14.5. The number of aryl methyl sites for hydroxylation is 1. The first-order chi connectivity index (χ1) is 11.5. The molecule has 3 rings (SSSR count). The van der Waals surface area contributed by atoms with Crippen molar-refractivity contribution in [3.05, 3.63) is 81.8 Å².